The molecule has 102 valence electrons. The molecular weight excluding hydrogens is 238 g/mol. The van der Waals surface area contributed by atoms with Gasteiger partial charge in [0.2, 0.25) is 5.91 Å². The van der Waals surface area contributed by atoms with Gasteiger partial charge >= 0.3 is 0 Å². The van der Waals surface area contributed by atoms with Gasteiger partial charge in [0.05, 0.1) is 6.61 Å². The Morgan fingerprint density at radius 1 is 1.47 bits per heavy atom. The summed E-state index contributed by atoms with van der Waals surface area (Å²) in [7, 11) is 1.62. The number of fused-ring (bicyclic) bond motifs is 2. The van der Waals surface area contributed by atoms with Crippen molar-refractivity contribution in [1.29, 1.82) is 0 Å². The molecule has 0 radical (unpaired) electrons. The number of rotatable bonds is 5. The quantitative estimate of drug-likeness (QED) is 0.879. The molecule has 1 amide bonds. The molecule has 0 aliphatic heterocycles. The first-order valence-electron chi connectivity index (χ1n) is 7.10. The highest BCUT2D eigenvalue weighted by atomic mass is 16.5. The van der Waals surface area contributed by atoms with Gasteiger partial charge in [-0.25, -0.2) is 0 Å². The number of amides is 1. The highest BCUT2D eigenvalue weighted by Gasteiger charge is 2.57. The van der Waals surface area contributed by atoms with Gasteiger partial charge in [-0.2, -0.15) is 0 Å². The number of hydrogen-bond donors (Lipinski definition) is 1. The van der Waals surface area contributed by atoms with E-state index in [1.807, 2.05) is 0 Å². The standard InChI is InChI=1S/C16H21NO2/c1-19-9-7-15(18)17-11-13-10-16(13)8-6-12-4-2-3-5-14(12)16/h2-5,13H,6-11H2,1H3,(H,17,18)/t13-,16-/m0/s1. The van der Waals surface area contributed by atoms with Crippen molar-refractivity contribution in [2.24, 2.45) is 5.92 Å². The molecular formula is C16H21NO2. The topological polar surface area (TPSA) is 38.3 Å². The Balaban J connectivity index is 1.56. The van der Waals surface area contributed by atoms with E-state index < -0.39 is 0 Å². The number of hydrogen-bond acceptors (Lipinski definition) is 2. The van der Waals surface area contributed by atoms with Gasteiger partial charge in [-0.1, -0.05) is 24.3 Å². The molecule has 0 unspecified atom stereocenters. The molecule has 1 spiro atoms. The molecule has 0 bridgehead atoms. The van der Waals surface area contributed by atoms with E-state index in [0.29, 0.717) is 24.4 Å². The predicted octanol–water partition coefficient (Wildman–Crippen LogP) is 2.04. The third kappa shape index (κ3) is 2.27. The van der Waals surface area contributed by atoms with Crippen molar-refractivity contribution in [2.45, 2.75) is 31.1 Å². The van der Waals surface area contributed by atoms with E-state index in [1.165, 1.54) is 30.4 Å². The highest BCUT2D eigenvalue weighted by Crippen LogP contribution is 2.61. The average molecular weight is 259 g/mol. The van der Waals surface area contributed by atoms with Crippen molar-refractivity contribution in [1.82, 2.24) is 5.32 Å². The molecule has 3 heteroatoms. The van der Waals surface area contributed by atoms with Crippen LogP contribution < -0.4 is 5.32 Å². The number of nitrogens with one attached hydrogen (secondary N) is 1. The fraction of sp³-hybridized carbons (Fsp3) is 0.562. The van der Waals surface area contributed by atoms with Gasteiger partial charge in [-0.15, -0.1) is 0 Å². The van der Waals surface area contributed by atoms with Crippen LogP contribution >= 0.6 is 0 Å². The van der Waals surface area contributed by atoms with Gasteiger partial charge in [0.15, 0.2) is 0 Å². The minimum atomic E-state index is 0.107. The van der Waals surface area contributed by atoms with Crippen LogP contribution in [-0.4, -0.2) is 26.2 Å². The van der Waals surface area contributed by atoms with Gasteiger partial charge in [-0.05, 0) is 36.3 Å². The maximum atomic E-state index is 11.6. The minimum absolute atomic E-state index is 0.107. The zero-order valence-corrected chi connectivity index (χ0v) is 11.4. The minimum Gasteiger partial charge on any atom is -0.384 e. The summed E-state index contributed by atoms with van der Waals surface area (Å²) in [6.45, 7) is 1.32. The number of methoxy groups -OCH3 is 1. The lowest BCUT2D eigenvalue weighted by atomic mass is 9.95. The van der Waals surface area contributed by atoms with Crippen LogP contribution in [0.4, 0.5) is 0 Å². The van der Waals surface area contributed by atoms with Gasteiger partial charge in [0, 0.05) is 25.5 Å². The molecule has 0 heterocycles. The summed E-state index contributed by atoms with van der Waals surface area (Å²) < 4.78 is 4.91. The van der Waals surface area contributed by atoms with Gasteiger partial charge in [0.25, 0.3) is 0 Å². The summed E-state index contributed by atoms with van der Waals surface area (Å²) >= 11 is 0. The second kappa shape index (κ2) is 4.97. The molecule has 3 rings (SSSR count). The Hall–Kier alpha value is -1.35. The fourth-order valence-electron chi connectivity index (χ4n) is 3.52. The van der Waals surface area contributed by atoms with Crippen molar-refractivity contribution >= 4 is 5.91 Å². The number of benzene rings is 1. The molecule has 1 aromatic carbocycles. The van der Waals surface area contributed by atoms with E-state index in [1.54, 1.807) is 7.11 Å². The molecule has 2 aliphatic rings. The van der Waals surface area contributed by atoms with E-state index in [-0.39, 0.29) is 5.91 Å². The highest BCUT2D eigenvalue weighted by molar-refractivity contribution is 5.76. The number of carbonyl (C=O) groups excluding carboxylic acids is 1. The molecule has 1 N–H and O–H groups in total. The zero-order chi connectivity index (χ0) is 13.3. The molecule has 1 aromatic rings. The van der Waals surface area contributed by atoms with Crippen LogP contribution in [0.5, 0.6) is 0 Å². The molecule has 19 heavy (non-hydrogen) atoms. The molecule has 1 fully saturated rings. The largest absolute Gasteiger partial charge is 0.384 e. The van der Waals surface area contributed by atoms with Crippen LogP contribution in [0.2, 0.25) is 0 Å². The third-order valence-electron chi connectivity index (χ3n) is 4.71. The van der Waals surface area contributed by atoms with E-state index in [2.05, 4.69) is 29.6 Å². The van der Waals surface area contributed by atoms with Gasteiger partial charge in [-0.3, -0.25) is 4.79 Å². The molecule has 0 aromatic heterocycles. The van der Waals surface area contributed by atoms with Crippen molar-refractivity contribution in [3.05, 3.63) is 35.4 Å². The summed E-state index contributed by atoms with van der Waals surface area (Å²) in [5, 5.41) is 3.04. The lowest BCUT2D eigenvalue weighted by molar-refractivity contribution is -0.122. The summed E-state index contributed by atoms with van der Waals surface area (Å²) in [5.41, 5.74) is 3.42. The Labute approximate surface area is 114 Å². The first-order chi connectivity index (χ1) is 9.26. The van der Waals surface area contributed by atoms with Crippen molar-refractivity contribution < 1.29 is 9.53 Å². The summed E-state index contributed by atoms with van der Waals surface area (Å²) in [6.07, 6.45) is 4.15. The third-order valence-corrected chi connectivity index (χ3v) is 4.71. The Morgan fingerprint density at radius 2 is 2.32 bits per heavy atom. The Bertz CT molecular complexity index is 485. The van der Waals surface area contributed by atoms with Crippen molar-refractivity contribution in [2.75, 3.05) is 20.3 Å². The molecule has 1 saturated carbocycles. The van der Waals surface area contributed by atoms with Crippen LogP contribution in [0.3, 0.4) is 0 Å². The first-order valence-corrected chi connectivity index (χ1v) is 7.10. The Kier molecular flexibility index (Phi) is 3.31. The van der Waals surface area contributed by atoms with Gasteiger partial charge in [0.1, 0.15) is 0 Å². The maximum Gasteiger partial charge on any atom is 0.222 e. The number of ether oxygens (including phenoxy) is 1. The maximum absolute atomic E-state index is 11.6. The van der Waals surface area contributed by atoms with Crippen LogP contribution in [-0.2, 0) is 21.4 Å². The normalized spacial score (nSPS) is 27.3. The van der Waals surface area contributed by atoms with E-state index >= 15 is 0 Å². The van der Waals surface area contributed by atoms with Crippen LogP contribution in [0.25, 0.3) is 0 Å². The second-order valence-corrected chi connectivity index (χ2v) is 5.76. The first kappa shape index (κ1) is 12.7. The molecule has 2 aliphatic carbocycles. The fourth-order valence-corrected chi connectivity index (χ4v) is 3.52. The van der Waals surface area contributed by atoms with Crippen molar-refractivity contribution in [3.8, 4) is 0 Å². The predicted molar refractivity (Wildman–Crippen MR) is 74.1 cm³/mol. The SMILES string of the molecule is COCCC(=O)NC[C@@H]1C[C@@]12CCc1ccccc12. The van der Waals surface area contributed by atoms with E-state index in [4.69, 9.17) is 4.74 Å². The number of carbonyl (C=O) groups is 1. The van der Waals surface area contributed by atoms with E-state index in [9.17, 15) is 4.79 Å². The van der Waals surface area contributed by atoms with E-state index in [0.717, 1.165) is 6.54 Å². The Morgan fingerprint density at radius 3 is 3.16 bits per heavy atom. The zero-order valence-electron chi connectivity index (χ0n) is 11.4. The van der Waals surface area contributed by atoms with Crippen LogP contribution in [0.15, 0.2) is 24.3 Å². The molecule has 2 atom stereocenters. The summed E-state index contributed by atoms with van der Waals surface area (Å²) in [6, 6.07) is 8.78. The monoisotopic (exact) mass is 259 g/mol. The van der Waals surface area contributed by atoms with Crippen LogP contribution in [0, 0.1) is 5.92 Å². The van der Waals surface area contributed by atoms with Gasteiger partial charge < -0.3 is 10.1 Å². The summed E-state index contributed by atoms with van der Waals surface area (Å²) in [4.78, 5) is 11.6. The number of aryl methyl sites for hydroxylation is 1. The lowest BCUT2D eigenvalue weighted by Crippen LogP contribution is -2.28. The smallest absolute Gasteiger partial charge is 0.222 e. The second-order valence-electron chi connectivity index (χ2n) is 5.76. The molecule has 0 saturated heterocycles. The summed E-state index contributed by atoms with van der Waals surface area (Å²) in [5.74, 6) is 0.734. The average Bonchev–Trinajstić information content (AvgIpc) is 3.02. The molecule has 3 nitrogen and oxygen atoms in total. The van der Waals surface area contributed by atoms with Crippen molar-refractivity contribution in [3.63, 3.8) is 0 Å². The lowest BCUT2D eigenvalue weighted by Gasteiger charge is -2.12. The van der Waals surface area contributed by atoms with Crippen LogP contribution in [0.1, 0.15) is 30.4 Å².